The second kappa shape index (κ2) is 7.23. The molecule has 88 valence electrons. The molecule has 1 unspecified atom stereocenters. The van der Waals surface area contributed by atoms with E-state index in [-0.39, 0.29) is 17.9 Å². The molecule has 0 spiro atoms. The van der Waals surface area contributed by atoms with E-state index in [1.807, 2.05) is 0 Å². The maximum absolute atomic E-state index is 11.2. The van der Waals surface area contributed by atoms with Crippen LogP contribution in [0.5, 0.6) is 0 Å². The van der Waals surface area contributed by atoms with E-state index in [1.54, 1.807) is 27.9 Å². The van der Waals surface area contributed by atoms with Crippen LogP contribution in [0.15, 0.2) is 0 Å². The maximum atomic E-state index is 11.2. The molecule has 0 fully saturated rings. The van der Waals surface area contributed by atoms with Crippen molar-refractivity contribution in [3.8, 4) is 0 Å². The predicted octanol–water partition coefficient (Wildman–Crippen LogP) is 0.00590. The van der Waals surface area contributed by atoms with E-state index in [2.05, 4.69) is 5.32 Å². The number of ether oxygens (including phenoxy) is 1. The Morgan fingerprint density at radius 3 is 2.47 bits per heavy atom. The Labute approximate surface area is 90.8 Å². The molecule has 0 radical (unpaired) electrons. The summed E-state index contributed by atoms with van der Waals surface area (Å²) in [5.41, 5.74) is 0. The van der Waals surface area contributed by atoms with Crippen molar-refractivity contribution in [1.82, 2.24) is 10.2 Å². The zero-order valence-electron chi connectivity index (χ0n) is 9.87. The summed E-state index contributed by atoms with van der Waals surface area (Å²) in [6.45, 7) is 4.34. The minimum absolute atomic E-state index is 0.0403. The van der Waals surface area contributed by atoms with Gasteiger partial charge in [0.1, 0.15) is 6.04 Å². The SMILES string of the molecule is CCOC(=O)C(C)NCCC(=O)N(C)C. The van der Waals surface area contributed by atoms with Crippen molar-refractivity contribution in [2.45, 2.75) is 26.3 Å². The average molecular weight is 216 g/mol. The summed E-state index contributed by atoms with van der Waals surface area (Å²) < 4.78 is 4.81. The number of rotatable bonds is 6. The fourth-order valence-corrected chi connectivity index (χ4v) is 0.970. The zero-order valence-corrected chi connectivity index (χ0v) is 9.87. The zero-order chi connectivity index (χ0) is 11.8. The van der Waals surface area contributed by atoms with Gasteiger partial charge in [0.15, 0.2) is 0 Å². The van der Waals surface area contributed by atoms with Crippen molar-refractivity contribution in [1.29, 1.82) is 0 Å². The van der Waals surface area contributed by atoms with Crippen LogP contribution in [0, 0.1) is 0 Å². The van der Waals surface area contributed by atoms with E-state index in [0.717, 1.165) is 0 Å². The molecule has 15 heavy (non-hydrogen) atoms. The fraction of sp³-hybridized carbons (Fsp3) is 0.800. The van der Waals surface area contributed by atoms with Gasteiger partial charge in [0, 0.05) is 27.1 Å². The largest absolute Gasteiger partial charge is 0.465 e. The van der Waals surface area contributed by atoms with E-state index >= 15 is 0 Å². The standard InChI is InChI=1S/C10H20N2O3/c1-5-15-10(14)8(2)11-7-6-9(13)12(3)4/h8,11H,5-7H2,1-4H3. The summed E-state index contributed by atoms with van der Waals surface area (Å²) in [5, 5.41) is 2.93. The molecule has 0 bridgehead atoms. The molecule has 0 saturated heterocycles. The fourth-order valence-electron chi connectivity index (χ4n) is 0.970. The van der Waals surface area contributed by atoms with Gasteiger partial charge in [-0.15, -0.1) is 0 Å². The van der Waals surface area contributed by atoms with Gasteiger partial charge in [-0.3, -0.25) is 9.59 Å². The number of nitrogens with one attached hydrogen (secondary N) is 1. The first-order chi connectivity index (χ1) is 6.99. The van der Waals surface area contributed by atoms with Crippen molar-refractivity contribution in [2.24, 2.45) is 0 Å². The van der Waals surface area contributed by atoms with Crippen molar-refractivity contribution < 1.29 is 14.3 Å². The smallest absolute Gasteiger partial charge is 0.322 e. The Morgan fingerprint density at radius 1 is 1.40 bits per heavy atom. The van der Waals surface area contributed by atoms with Gasteiger partial charge in [-0.1, -0.05) is 0 Å². The van der Waals surface area contributed by atoms with Crippen molar-refractivity contribution >= 4 is 11.9 Å². The van der Waals surface area contributed by atoms with Crippen molar-refractivity contribution in [3.63, 3.8) is 0 Å². The Morgan fingerprint density at radius 2 is 2.00 bits per heavy atom. The Hall–Kier alpha value is -1.10. The van der Waals surface area contributed by atoms with E-state index in [4.69, 9.17) is 4.74 Å². The highest BCUT2D eigenvalue weighted by atomic mass is 16.5. The number of amides is 1. The van der Waals surface area contributed by atoms with Gasteiger partial charge < -0.3 is 15.0 Å². The van der Waals surface area contributed by atoms with Gasteiger partial charge in [0.2, 0.25) is 5.91 Å². The number of hydrogen-bond donors (Lipinski definition) is 1. The van der Waals surface area contributed by atoms with Gasteiger partial charge >= 0.3 is 5.97 Å². The quantitative estimate of drug-likeness (QED) is 0.635. The molecule has 0 aliphatic carbocycles. The Kier molecular flexibility index (Phi) is 6.70. The number of hydrogen-bond acceptors (Lipinski definition) is 4. The third-order valence-corrected chi connectivity index (χ3v) is 1.93. The molecule has 0 aromatic heterocycles. The third kappa shape index (κ3) is 6.06. The molecule has 1 N–H and O–H groups in total. The van der Waals surface area contributed by atoms with Gasteiger partial charge in [0.25, 0.3) is 0 Å². The second-order valence-electron chi connectivity index (χ2n) is 3.47. The molecule has 5 heteroatoms. The summed E-state index contributed by atoms with van der Waals surface area (Å²) >= 11 is 0. The lowest BCUT2D eigenvalue weighted by atomic mass is 10.3. The average Bonchev–Trinajstić information content (AvgIpc) is 2.17. The van der Waals surface area contributed by atoms with Crippen LogP contribution in [0.2, 0.25) is 0 Å². The third-order valence-electron chi connectivity index (χ3n) is 1.93. The van der Waals surface area contributed by atoms with Crippen molar-refractivity contribution in [3.05, 3.63) is 0 Å². The molecule has 0 saturated carbocycles. The molecule has 1 amide bonds. The predicted molar refractivity (Wildman–Crippen MR) is 57.4 cm³/mol. The maximum Gasteiger partial charge on any atom is 0.322 e. The molecule has 0 aromatic carbocycles. The number of esters is 1. The molecule has 0 aromatic rings. The molecule has 0 aliphatic heterocycles. The summed E-state index contributed by atoms with van der Waals surface area (Å²) in [7, 11) is 3.41. The van der Waals surface area contributed by atoms with Crippen molar-refractivity contribution in [2.75, 3.05) is 27.2 Å². The van der Waals surface area contributed by atoms with Crippen LogP contribution in [-0.4, -0.2) is 50.1 Å². The van der Waals surface area contributed by atoms with Crippen LogP contribution in [0.1, 0.15) is 20.3 Å². The highest BCUT2D eigenvalue weighted by Gasteiger charge is 2.13. The number of carbonyl (C=O) groups is 2. The molecule has 0 rings (SSSR count). The van der Waals surface area contributed by atoms with E-state index in [0.29, 0.717) is 19.6 Å². The molecule has 5 nitrogen and oxygen atoms in total. The van der Waals surface area contributed by atoms with Crippen LogP contribution in [0.3, 0.4) is 0 Å². The van der Waals surface area contributed by atoms with Crippen LogP contribution in [-0.2, 0) is 14.3 Å². The van der Waals surface area contributed by atoms with Gasteiger partial charge in [-0.25, -0.2) is 0 Å². The van der Waals surface area contributed by atoms with Crippen LogP contribution in [0.4, 0.5) is 0 Å². The topological polar surface area (TPSA) is 58.6 Å². The lowest BCUT2D eigenvalue weighted by molar-refractivity contribution is -0.145. The summed E-state index contributed by atoms with van der Waals surface area (Å²) in [6.07, 6.45) is 0.386. The first-order valence-electron chi connectivity index (χ1n) is 5.09. The molecule has 0 heterocycles. The number of nitrogens with zero attached hydrogens (tertiary/aromatic N) is 1. The van der Waals surface area contributed by atoms with E-state index in [1.165, 1.54) is 4.90 Å². The lowest BCUT2D eigenvalue weighted by Gasteiger charge is -2.14. The first-order valence-corrected chi connectivity index (χ1v) is 5.09. The minimum Gasteiger partial charge on any atom is -0.465 e. The van der Waals surface area contributed by atoms with Crippen LogP contribution < -0.4 is 5.32 Å². The highest BCUT2D eigenvalue weighted by Crippen LogP contribution is 1.90. The van der Waals surface area contributed by atoms with E-state index < -0.39 is 0 Å². The second-order valence-corrected chi connectivity index (χ2v) is 3.47. The van der Waals surface area contributed by atoms with Crippen LogP contribution in [0.25, 0.3) is 0 Å². The monoisotopic (exact) mass is 216 g/mol. The van der Waals surface area contributed by atoms with Gasteiger partial charge in [0.05, 0.1) is 6.61 Å². The van der Waals surface area contributed by atoms with Crippen LogP contribution >= 0.6 is 0 Å². The summed E-state index contributed by atoms with van der Waals surface area (Å²) in [6, 6.07) is -0.361. The summed E-state index contributed by atoms with van der Waals surface area (Å²) in [4.78, 5) is 23.9. The first kappa shape index (κ1) is 13.9. The Bertz CT molecular complexity index is 217. The van der Waals surface area contributed by atoms with Gasteiger partial charge in [-0.2, -0.15) is 0 Å². The van der Waals surface area contributed by atoms with Gasteiger partial charge in [-0.05, 0) is 13.8 Å². The minimum atomic E-state index is -0.361. The molecule has 0 aliphatic rings. The highest BCUT2D eigenvalue weighted by molar-refractivity contribution is 5.76. The molecular weight excluding hydrogens is 196 g/mol. The molecule has 1 atom stereocenters. The normalized spacial score (nSPS) is 12.0. The Balaban J connectivity index is 3.67. The lowest BCUT2D eigenvalue weighted by Crippen LogP contribution is -2.37. The van der Waals surface area contributed by atoms with E-state index in [9.17, 15) is 9.59 Å². The number of carbonyl (C=O) groups excluding carboxylic acids is 2. The summed E-state index contributed by atoms with van der Waals surface area (Å²) in [5.74, 6) is -0.242. The molecular formula is C10H20N2O3.